The van der Waals surface area contributed by atoms with Gasteiger partial charge in [-0.3, -0.25) is 14.3 Å². The van der Waals surface area contributed by atoms with Crippen LogP contribution < -0.4 is 10.6 Å². The fourth-order valence-corrected chi connectivity index (χ4v) is 1.76. The molecule has 0 radical (unpaired) electrons. The largest absolute Gasteiger partial charge is 0.459 e. The molecule has 104 valence electrons. The Kier molecular flexibility index (Phi) is 3.24. The van der Waals surface area contributed by atoms with Crippen LogP contribution in [-0.2, 0) is 11.3 Å². The normalized spacial score (nSPS) is 14.0. The molecule has 0 unspecified atom stereocenters. The van der Waals surface area contributed by atoms with Crippen LogP contribution in [0.5, 0.6) is 0 Å². The summed E-state index contributed by atoms with van der Waals surface area (Å²) in [5, 5.41) is 9.54. The van der Waals surface area contributed by atoms with Crippen molar-refractivity contribution in [3.05, 3.63) is 36.5 Å². The highest BCUT2D eigenvalue weighted by atomic mass is 16.3. The Morgan fingerprint density at radius 1 is 1.45 bits per heavy atom. The van der Waals surface area contributed by atoms with Gasteiger partial charge in [0.15, 0.2) is 5.76 Å². The predicted molar refractivity (Wildman–Crippen MR) is 70.1 cm³/mol. The van der Waals surface area contributed by atoms with Gasteiger partial charge in [0.2, 0.25) is 5.91 Å². The van der Waals surface area contributed by atoms with Gasteiger partial charge in [0.05, 0.1) is 18.1 Å². The molecule has 2 aromatic rings. The first-order chi connectivity index (χ1) is 9.70. The molecule has 1 aliphatic rings. The van der Waals surface area contributed by atoms with E-state index in [0.717, 1.165) is 12.8 Å². The fraction of sp³-hybridized carbons (Fsp3) is 0.308. The lowest BCUT2D eigenvalue weighted by atomic mass is 10.4. The second-order valence-electron chi connectivity index (χ2n) is 4.70. The average Bonchev–Trinajstić information content (AvgIpc) is 2.93. The molecule has 3 rings (SSSR count). The van der Waals surface area contributed by atoms with Gasteiger partial charge >= 0.3 is 0 Å². The van der Waals surface area contributed by atoms with Crippen molar-refractivity contribution in [1.82, 2.24) is 15.1 Å². The number of hydrogen-bond donors (Lipinski definition) is 2. The van der Waals surface area contributed by atoms with E-state index >= 15 is 0 Å². The van der Waals surface area contributed by atoms with E-state index < -0.39 is 0 Å². The maximum absolute atomic E-state index is 11.7. The van der Waals surface area contributed by atoms with Crippen molar-refractivity contribution in [2.75, 3.05) is 5.32 Å². The van der Waals surface area contributed by atoms with E-state index in [2.05, 4.69) is 15.7 Å². The zero-order chi connectivity index (χ0) is 13.9. The van der Waals surface area contributed by atoms with Crippen molar-refractivity contribution in [3.63, 3.8) is 0 Å². The third kappa shape index (κ3) is 3.05. The number of rotatable bonds is 5. The molecule has 7 heteroatoms. The van der Waals surface area contributed by atoms with Gasteiger partial charge in [-0.15, -0.1) is 0 Å². The van der Waals surface area contributed by atoms with E-state index in [9.17, 15) is 9.59 Å². The lowest BCUT2D eigenvalue weighted by molar-refractivity contribution is -0.122. The van der Waals surface area contributed by atoms with Crippen molar-refractivity contribution < 1.29 is 14.0 Å². The zero-order valence-electron chi connectivity index (χ0n) is 10.7. The summed E-state index contributed by atoms with van der Waals surface area (Å²) >= 11 is 0. The lowest BCUT2D eigenvalue weighted by Gasteiger charge is -2.02. The maximum atomic E-state index is 11.7. The summed E-state index contributed by atoms with van der Waals surface area (Å²) < 4.78 is 6.47. The molecule has 20 heavy (non-hydrogen) atoms. The molecular formula is C13H14N4O3. The van der Waals surface area contributed by atoms with E-state index in [4.69, 9.17) is 4.42 Å². The third-order valence-electron chi connectivity index (χ3n) is 2.88. The Morgan fingerprint density at radius 2 is 2.30 bits per heavy atom. The summed E-state index contributed by atoms with van der Waals surface area (Å²) in [6, 6.07) is 3.54. The van der Waals surface area contributed by atoms with Crippen LogP contribution in [0, 0.1) is 0 Å². The number of anilines is 1. The number of nitrogens with one attached hydrogen (secondary N) is 2. The predicted octanol–water partition coefficient (Wildman–Crippen LogP) is 1.01. The second-order valence-corrected chi connectivity index (χ2v) is 4.70. The van der Waals surface area contributed by atoms with Crippen LogP contribution in [0.4, 0.5) is 5.69 Å². The van der Waals surface area contributed by atoms with Gasteiger partial charge in [-0.2, -0.15) is 5.10 Å². The summed E-state index contributed by atoms with van der Waals surface area (Å²) in [6.07, 6.45) is 6.63. The molecule has 0 atom stereocenters. The molecule has 0 bridgehead atoms. The van der Waals surface area contributed by atoms with Crippen molar-refractivity contribution in [3.8, 4) is 0 Å². The van der Waals surface area contributed by atoms with Gasteiger partial charge < -0.3 is 15.1 Å². The van der Waals surface area contributed by atoms with Crippen LogP contribution in [0.25, 0.3) is 0 Å². The molecule has 2 aromatic heterocycles. The van der Waals surface area contributed by atoms with E-state index in [-0.39, 0.29) is 24.1 Å². The quantitative estimate of drug-likeness (QED) is 0.851. The van der Waals surface area contributed by atoms with Crippen LogP contribution in [0.15, 0.2) is 35.2 Å². The number of furan rings is 1. The molecule has 0 spiro atoms. The van der Waals surface area contributed by atoms with Crippen molar-refractivity contribution in [2.24, 2.45) is 0 Å². The second kappa shape index (κ2) is 5.20. The van der Waals surface area contributed by atoms with Gasteiger partial charge in [0, 0.05) is 12.2 Å². The third-order valence-corrected chi connectivity index (χ3v) is 2.88. The summed E-state index contributed by atoms with van der Waals surface area (Å²) in [6.45, 7) is 0.146. The summed E-state index contributed by atoms with van der Waals surface area (Å²) in [7, 11) is 0. The molecule has 2 N–H and O–H groups in total. The lowest BCUT2D eigenvalue weighted by Crippen LogP contribution is -2.29. The molecule has 1 saturated carbocycles. The highest BCUT2D eigenvalue weighted by molar-refractivity contribution is 6.02. The molecule has 2 heterocycles. The number of carbonyl (C=O) groups excluding carboxylic acids is 2. The van der Waals surface area contributed by atoms with Crippen LogP contribution in [-0.4, -0.2) is 27.6 Å². The van der Waals surface area contributed by atoms with E-state index in [1.807, 2.05) is 0 Å². The maximum Gasteiger partial charge on any atom is 0.291 e. The van der Waals surface area contributed by atoms with Gasteiger partial charge in [0.25, 0.3) is 5.91 Å². The highest BCUT2D eigenvalue weighted by Gasteiger charge is 2.23. The Bertz CT molecular complexity index is 613. The molecular weight excluding hydrogens is 260 g/mol. The Balaban J connectivity index is 1.56. The molecule has 2 amide bonds. The number of aromatic nitrogens is 2. The Hall–Kier alpha value is -2.57. The first-order valence-electron chi connectivity index (χ1n) is 6.37. The number of hydrogen-bond acceptors (Lipinski definition) is 4. The van der Waals surface area contributed by atoms with Gasteiger partial charge in [-0.1, -0.05) is 0 Å². The fourth-order valence-electron chi connectivity index (χ4n) is 1.76. The van der Waals surface area contributed by atoms with Gasteiger partial charge in [-0.25, -0.2) is 0 Å². The Labute approximate surface area is 114 Å². The summed E-state index contributed by atoms with van der Waals surface area (Å²) in [5.41, 5.74) is 0.519. The summed E-state index contributed by atoms with van der Waals surface area (Å²) in [5.74, 6) is -0.194. The molecule has 1 fully saturated rings. The van der Waals surface area contributed by atoms with Gasteiger partial charge in [0.1, 0.15) is 6.54 Å². The molecule has 0 saturated heterocycles. The summed E-state index contributed by atoms with van der Waals surface area (Å²) in [4.78, 5) is 23.3. The van der Waals surface area contributed by atoms with Crippen molar-refractivity contribution >= 4 is 17.5 Å². The topological polar surface area (TPSA) is 89.2 Å². The van der Waals surface area contributed by atoms with Crippen LogP contribution in [0.2, 0.25) is 0 Å². The molecule has 1 aliphatic carbocycles. The minimum absolute atomic E-state index is 0.0699. The Morgan fingerprint density at radius 3 is 3.00 bits per heavy atom. The minimum atomic E-state index is -0.350. The van der Waals surface area contributed by atoms with E-state index in [1.54, 1.807) is 18.3 Å². The highest BCUT2D eigenvalue weighted by Crippen LogP contribution is 2.18. The first kappa shape index (κ1) is 12.5. The standard InChI is InChI=1S/C13H14N4O3/c18-12(15-9-3-4-9)8-17-7-10(6-14-17)16-13(19)11-2-1-5-20-11/h1-2,5-7,9H,3-4,8H2,(H,15,18)(H,16,19). The van der Waals surface area contributed by atoms with Crippen molar-refractivity contribution in [2.45, 2.75) is 25.4 Å². The van der Waals surface area contributed by atoms with Crippen LogP contribution >= 0.6 is 0 Å². The number of nitrogens with zero attached hydrogens (tertiary/aromatic N) is 2. The first-order valence-corrected chi connectivity index (χ1v) is 6.37. The van der Waals surface area contributed by atoms with Crippen molar-refractivity contribution in [1.29, 1.82) is 0 Å². The SMILES string of the molecule is O=C(Cn1cc(NC(=O)c2ccco2)cn1)NC1CC1. The molecule has 0 aliphatic heterocycles. The van der Waals surface area contributed by atoms with E-state index in [0.29, 0.717) is 11.7 Å². The van der Waals surface area contributed by atoms with Crippen LogP contribution in [0.3, 0.4) is 0 Å². The number of carbonyl (C=O) groups is 2. The molecule has 0 aromatic carbocycles. The van der Waals surface area contributed by atoms with Crippen LogP contribution in [0.1, 0.15) is 23.4 Å². The molecule has 7 nitrogen and oxygen atoms in total. The monoisotopic (exact) mass is 274 g/mol. The number of amides is 2. The smallest absolute Gasteiger partial charge is 0.291 e. The minimum Gasteiger partial charge on any atom is -0.459 e. The van der Waals surface area contributed by atoms with Gasteiger partial charge in [-0.05, 0) is 25.0 Å². The zero-order valence-corrected chi connectivity index (χ0v) is 10.7. The average molecular weight is 274 g/mol. The van der Waals surface area contributed by atoms with E-state index in [1.165, 1.54) is 17.1 Å².